The third kappa shape index (κ3) is 3.65. The first-order valence-corrected chi connectivity index (χ1v) is 22.1. The van der Waals surface area contributed by atoms with Crippen molar-refractivity contribution in [2.45, 2.75) is 92.2 Å². The number of benzene rings is 4. The van der Waals surface area contributed by atoms with Gasteiger partial charge in [-0.1, -0.05) is 64.1 Å². The molecule has 272 valence electrons. The van der Waals surface area contributed by atoms with Crippen LogP contribution in [0.25, 0.3) is 32.3 Å². The average molecular weight is 739 g/mol. The summed E-state index contributed by atoms with van der Waals surface area (Å²) in [5.41, 5.74) is 1.14. The molecule has 6 aliphatic rings. The minimum absolute atomic E-state index is 0.0163. The minimum Gasteiger partial charge on any atom is -0.268 e. The predicted octanol–water partition coefficient (Wildman–Crippen LogP) is 7.72. The number of rotatable bonds is 2. The third-order valence-electron chi connectivity index (χ3n) is 16.2. The van der Waals surface area contributed by atoms with Crippen LogP contribution in [-0.2, 0) is 20.0 Å². The second kappa shape index (κ2) is 9.78. The predicted molar refractivity (Wildman–Crippen MR) is 203 cm³/mol. The molecule has 4 saturated carbocycles. The summed E-state index contributed by atoms with van der Waals surface area (Å²) in [6.45, 7) is 12.7. The van der Waals surface area contributed by atoms with Gasteiger partial charge >= 0.3 is 0 Å². The first-order valence-electron chi connectivity index (χ1n) is 18.9. The van der Waals surface area contributed by atoms with E-state index in [0.29, 0.717) is 52.0 Å². The molecule has 4 aliphatic carbocycles. The van der Waals surface area contributed by atoms with Gasteiger partial charge in [-0.05, 0) is 131 Å². The first kappa shape index (κ1) is 33.1. The van der Waals surface area contributed by atoms with Crippen molar-refractivity contribution in [1.82, 2.24) is 8.61 Å². The summed E-state index contributed by atoms with van der Waals surface area (Å²) < 4.78 is 58.8. The average Bonchev–Trinajstić information content (AvgIpc) is 3.77. The molecular weight excluding hydrogens is 693 g/mol. The highest BCUT2D eigenvalue weighted by Crippen LogP contribution is 2.71. The van der Waals surface area contributed by atoms with Gasteiger partial charge in [-0.25, -0.2) is 25.4 Å². The summed E-state index contributed by atoms with van der Waals surface area (Å²) in [7, 11) is -7.79. The fourth-order valence-corrected chi connectivity index (χ4v) is 18.3. The number of carbonyl (C=O) groups is 2. The summed E-state index contributed by atoms with van der Waals surface area (Å²) in [6, 6.07) is 14.3. The zero-order chi connectivity index (χ0) is 36.7. The summed E-state index contributed by atoms with van der Waals surface area (Å²) in [5.74, 6) is -0.343. The maximum atomic E-state index is 15.0. The second-order valence-electron chi connectivity index (χ2n) is 18.4. The lowest BCUT2D eigenvalue weighted by atomic mass is 9.69. The Hall–Kier alpha value is -3.50. The molecule has 6 fully saturated rings. The summed E-state index contributed by atoms with van der Waals surface area (Å²) >= 11 is 0. The zero-order valence-corrected chi connectivity index (χ0v) is 32.4. The van der Waals surface area contributed by atoms with Gasteiger partial charge in [0.05, 0.1) is 23.6 Å². The molecule has 4 aromatic rings. The molecule has 52 heavy (non-hydrogen) atoms. The van der Waals surface area contributed by atoms with Crippen molar-refractivity contribution in [1.29, 1.82) is 0 Å². The number of sulfonamides is 2. The van der Waals surface area contributed by atoms with Gasteiger partial charge in [0, 0.05) is 22.0 Å². The van der Waals surface area contributed by atoms with Gasteiger partial charge < -0.3 is 0 Å². The van der Waals surface area contributed by atoms with E-state index in [1.165, 1.54) is 8.61 Å². The fourth-order valence-electron chi connectivity index (χ4n) is 13.2. The lowest BCUT2D eigenvalue weighted by Crippen LogP contribution is -2.44. The molecule has 2 saturated heterocycles. The molecule has 0 unspecified atom stereocenters. The lowest BCUT2D eigenvalue weighted by Gasteiger charge is -2.37. The molecule has 0 radical (unpaired) electrons. The van der Waals surface area contributed by atoms with Gasteiger partial charge in [0.15, 0.2) is 0 Å². The number of carbonyl (C=O) groups excluding carboxylic acids is 2. The topological polar surface area (TPSA) is 109 Å². The van der Waals surface area contributed by atoms with Crippen LogP contribution in [0, 0.1) is 47.3 Å². The number of nitrogens with zero attached hydrogens (tertiary/aromatic N) is 2. The van der Waals surface area contributed by atoms with Gasteiger partial charge in [-0.2, -0.15) is 0 Å². The zero-order valence-electron chi connectivity index (χ0n) is 30.7. The highest BCUT2D eigenvalue weighted by Gasteiger charge is 2.73. The molecule has 2 aliphatic heterocycles. The van der Waals surface area contributed by atoms with Crippen LogP contribution in [0.3, 0.4) is 0 Å². The molecule has 2 heterocycles. The van der Waals surface area contributed by atoms with Crippen molar-refractivity contribution < 1.29 is 26.4 Å². The third-order valence-corrected chi connectivity index (χ3v) is 20.0. The second-order valence-corrected chi connectivity index (χ2v) is 22.1. The number of fused-ring (bicyclic) bond motifs is 7. The Bertz CT molecular complexity index is 2420. The molecule has 2 amide bonds. The molecule has 2 spiro atoms. The van der Waals surface area contributed by atoms with Gasteiger partial charge in [-0.3, -0.25) is 9.59 Å². The molecule has 4 bridgehead atoms. The van der Waals surface area contributed by atoms with Crippen molar-refractivity contribution in [3.8, 4) is 0 Å². The van der Waals surface area contributed by atoms with Crippen LogP contribution in [-0.4, -0.2) is 60.8 Å². The highest BCUT2D eigenvalue weighted by atomic mass is 32.2. The fraction of sp³-hybridized carbons (Fsp3) is 0.524. The Balaban J connectivity index is 1.20. The van der Waals surface area contributed by atoms with Gasteiger partial charge in [0.25, 0.3) is 11.8 Å². The van der Waals surface area contributed by atoms with E-state index < -0.39 is 42.7 Å². The molecule has 8 nitrogen and oxygen atoms in total. The Morgan fingerprint density at radius 1 is 0.635 bits per heavy atom. The van der Waals surface area contributed by atoms with Crippen molar-refractivity contribution in [2.75, 3.05) is 11.5 Å². The summed E-state index contributed by atoms with van der Waals surface area (Å²) in [6.07, 6.45) is 4.91. The van der Waals surface area contributed by atoms with Crippen LogP contribution < -0.4 is 0 Å². The van der Waals surface area contributed by atoms with E-state index in [9.17, 15) is 26.4 Å². The standard InChI is InChI=1S/C42H46N2O6S2/c1-23-9-7-11-28-30(37(45)43-32-19-26-13-15-41(32,39(26,3)4)21-51(43,47)48)17-25-18-31(29-12-8-10-24(2)35(29)36(25)34(23)28)38(46)44-33-20-27-14-16-42(33,40(27,5)6)22-52(44,49)50/h7-12,17-18,26-27,32-33H,13-16,19-22H2,1-6H3/t26-,27-,32-,33-,41-,42-/m1/s1. The monoisotopic (exact) mass is 738 g/mol. The molecular formula is C42H46N2O6S2. The van der Waals surface area contributed by atoms with E-state index >= 15 is 0 Å². The quantitative estimate of drug-likeness (QED) is 0.195. The Labute approximate surface area is 306 Å². The van der Waals surface area contributed by atoms with Crippen molar-refractivity contribution in [3.05, 3.63) is 70.8 Å². The smallest absolute Gasteiger partial charge is 0.268 e. The Kier molecular flexibility index (Phi) is 6.22. The van der Waals surface area contributed by atoms with E-state index in [2.05, 4.69) is 27.7 Å². The van der Waals surface area contributed by atoms with E-state index in [1.54, 1.807) is 12.1 Å². The molecule has 0 N–H and O–H groups in total. The largest absolute Gasteiger partial charge is 0.268 e. The number of aryl methyl sites for hydroxylation is 2. The van der Waals surface area contributed by atoms with Crippen LogP contribution in [0.4, 0.5) is 0 Å². The number of hydrogen-bond acceptors (Lipinski definition) is 6. The summed E-state index contributed by atoms with van der Waals surface area (Å²) in [4.78, 5) is 29.9. The Morgan fingerprint density at radius 3 is 1.42 bits per heavy atom. The van der Waals surface area contributed by atoms with Gasteiger partial charge in [0.1, 0.15) is 0 Å². The summed E-state index contributed by atoms with van der Waals surface area (Å²) in [5, 5.41) is 4.51. The first-order chi connectivity index (χ1) is 24.4. The van der Waals surface area contributed by atoms with Gasteiger partial charge in [0.2, 0.25) is 20.0 Å². The van der Waals surface area contributed by atoms with Crippen LogP contribution in [0.15, 0.2) is 48.5 Å². The van der Waals surface area contributed by atoms with Crippen LogP contribution in [0.5, 0.6) is 0 Å². The highest BCUT2D eigenvalue weighted by molar-refractivity contribution is 7.90. The maximum absolute atomic E-state index is 15.0. The molecule has 6 atom stereocenters. The lowest BCUT2D eigenvalue weighted by molar-refractivity contribution is 0.0695. The van der Waals surface area contributed by atoms with Crippen LogP contribution in [0.2, 0.25) is 0 Å². The van der Waals surface area contributed by atoms with E-state index in [0.717, 1.165) is 53.0 Å². The number of hydrogen-bond donors (Lipinski definition) is 0. The Morgan fingerprint density at radius 2 is 1.04 bits per heavy atom. The number of amides is 2. The SMILES string of the molecule is Cc1cccc2c(C(=O)N3[C@@H]4C[C@H]5CC[C@]4(CS3(=O)=O)C5(C)C)cc3cc(C(=O)N4[C@@H]5C[C@H]6CC[C@]5(CS4(=O)=O)C6(C)C)c4cccc(C)c4c3c12. The molecule has 0 aromatic heterocycles. The van der Waals surface area contributed by atoms with Crippen molar-refractivity contribution in [2.24, 2.45) is 33.5 Å². The maximum Gasteiger partial charge on any atom is 0.268 e. The molecule has 10 rings (SSSR count). The van der Waals surface area contributed by atoms with E-state index in [-0.39, 0.29) is 34.4 Å². The minimum atomic E-state index is -3.89. The van der Waals surface area contributed by atoms with Crippen LogP contribution in [0.1, 0.15) is 98.1 Å². The molecule has 10 heteroatoms. The van der Waals surface area contributed by atoms with Crippen molar-refractivity contribution in [3.63, 3.8) is 0 Å². The van der Waals surface area contributed by atoms with Gasteiger partial charge in [-0.15, -0.1) is 0 Å². The van der Waals surface area contributed by atoms with E-state index in [4.69, 9.17) is 0 Å². The normalized spacial score (nSPS) is 34.1. The van der Waals surface area contributed by atoms with Crippen LogP contribution >= 0.6 is 0 Å². The van der Waals surface area contributed by atoms with Crippen molar-refractivity contribution >= 4 is 64.2 Å². The van der Waals surface area contributed by atoms with E-state index in [1.807, 2.05) is 50.2 Å². The molecule has 4 aromatic carbocycles.